The molecule has 0 aliphatic carbocycles. The lowest BCUT2D eigenvalue weighted by molar-refractivity contribution is -0.138. The van der Waals surface area contributed by atoms with Crippen molar-refractivity contribution in [2.75, 3.05) is 18.1 Å². The predicted molar refractivity (Wildman–Crippen MR) is 84.5 cm³/mol. The van der Waals surface area contributed by atoms with Crippen molar-refractivity contribution in [2.45, 2.75) is 18.6 Å². The first-order valence-electron chi connectivity index (χ1n) is 7.43. The first kappa shape index (κ1) is 19.2. The maximum Gasteiger partial charge on any atom is 0.405 e. The number of aliphatic carboxylic acids is 1. The Morgan fingerprint density at radius 1 is 1.19 bits per heavy atom. The van der Waals surface area contributed by atoms with E-state index in [2.05, 4.69) is 10.4 Å². The highest BCUT2D eigenvalue weighted by Gasteiger charge is 2.36. The molecule has 2 rings (SSSR count). The smallest absolute Gasteiger partial charge is 0.405 e. The van der Waals surface area contributed by atoms with Crippen LogP contribution in [0, 0.1) is 0 Å². The number of amides is 2. The summed E-state index contributed by atoms with van der Waals surface area (Å²) in [5.41, 5.74) is 0.329. The van der Waals surface area contributed by atoms with E-state index in [1.165, 1.54) is 5.01 Å². The maximum absolute atomic E-state index is 12.0. The van der Waals surface area contributed by atoms with Gasteiger partial charge in [-0.25, -0.2) is 4.79 Å². The lowest BCUT2D eigenvalue weighted by Gasteiger charge is -2.19. The summed E-state index contributed by atoms with van der Waals surface area (Å²) in [6.45, 7) is -2.19. The number of anilines is 1. The molecule has 1 aliphatic heterocycles. The van der Waals surface area contributed by atoms with Crippen LogP contribution in [0.4, 0.5) is 18.9 Å². The summed E-state index contributed by atoms with van der Waals surface area (Å²) in [5.74, 6) is -3.04. The molecule has 1 heterocycles. The van der Waals surface area contributed by atoms with Crippen LogP contribution >= 0.6 is 0 Å². The minimum absolute atomic E-state index is 0.134. The Labute approximate surface area is 145 Å². The van der Waals surface area contributed by atoms with Crippen molar-refractivity contribution in [2.24, 2.45) is 5.10 Å². The van der Waals surface area contributed by atoms with E-state index in [0.717, 1.165) is 0 Å². The van der Waals surface area contributed by atoms with Crippen LogP contribution in [0.15, 0.2) is 35.4 Å². The van der Waals surface area contributed by atoms with E-state index in [4.69, 9.17) is 0 Å². The Morgan fingerprint density at radius 3 is 2.42 bits per heavy atom. The molecule has 0 spiro atoms. The van der Waals surface area contributed by atoms with Crippen molar-refractivity contribution >= 4 is 29.2 Å². The second kappa shape index (κ2) is 7.85. The monoisotopic (exact) mass is 372 g/mol. The van der Waals surface area contributed by atoms with Crippen LogP contribution < -0.4 is 15.6 Å². The van der Waals surface area contributed by atoms with Gasteiger partial charge in [0.2, 0.25) is 5.91 Å². The third-order valence-corrected chi connectivity index (χ3v) is 3.37. The molecule has 1 aromatic carbocycles. The molecule has 26 heavy (non-hydrogen) atoms. The first-order chi connectivity index (χ1) is 12.2. The van der Waals surface area contributed by atoms with E-state index in [1.807, 2.05) is 0 Å². The standard InChI is InChI=1S/C15H15F3N4O4/c16-15(17,18)8-20-12(23)7-19-13(24)10-6-11(14(25)26)22(21-10)9-4-2-1-3-5-9/h1-5,11H,6-8H2,(H,19,24)(H,20,23)(H,25,26). The molecule has 0 fully saturated rings. The third kappa shape index (κ3) is 5.19. The highest BCUT2D eigenvalue weighted by Crippen LogP contribution is 2.24. The zero-order chi connectivity index (χ0) is 19.3. The molecule has 0 radical (unpaired) electrons. The van der Waals surface area contributed by atoms with Gasteiger partial charge >= 0.3 is 12.1 Å². The minimum Gasteiger partial charge on any atom is -0.480 e. The topological polar surface area (TPSA) is 111 Å². The van der Waals surface area contributed by atoms with Gasteiger partial charge in [0.05, 0.1) is 12.2 Å². The summed E-state index contributed by atoms with van der Waals surface area (Å²) in [6.07, 6.45) is -4.76. The van der Waals surface area contributed by atoms with Gasteiger partial charge in [0.15, 0.2) is 6.04 Å². The summed E-state index contributed by atoms with van der Waals surface area (Å²) in [7, 11) is 0. The number of nitrogens with one attached hydrogen (secondary N) is 2. The van der Waals surface area contributed by atoms with E-state index >= 15 is 0 Å². The number of hydrazone groups is 1. The molecule has 1 aromatic rings. The summed E-state index contributed by atoms with van der Waals surface area (Å²) in [4.78, 5) is 34.7. The van der Waals surface area contributed by atoms with Crippen LogP contribution in [0.25, 0.3) is 0 Å². The zero-order valence-corrected chi connectivity index (χ0v) is 13.3. The second-order valence-electron chi connectivity index (χ2n) is 5.36. The van der Waals surface area contributed by atoms with E-state index in [-0.39, 0.29) is 12.1 Å². The van der Waals surface area contributed by atoms with Gasteiger partial charge in [-0.2, -0.15) is 18.3 Å². The number of carbonyl (C=O) groups is 3. The number of nitrogens with zero attached hydrogens (tertiary/aromatic N) is 2. The summed E-state index contributed by atoms with van der Waals surface area (Å²) in [5, 5.41) is 18.2. The van der Waals surface area contributed by atoms with E-state index in [0.29, 0.717) is 5.69 Å². The zero-order valence-electron chi connectivity index (χ0n) is 13.3. The first-order valence-corrected chi connectivity index (χ1v) is 7.43. The SMILES string of the molecule is O=C(CNC(=O)C1=NN(c2ccccc2)C(C(=O)O)C1)NCC(F)(F)F. The van der Waals surface area contributed by atoms with Crippen molar-refractivity contribution < 1.29 is 32.7 Å². The number of carboxylic acids is 1. The average molecular weight is 372 g/mol. The van der Waals surface area contributed by atoms with Gasteiger partial charge in [-0.3, -0.25) is 14.6 Å². The van der Waals surface area contributed by atoms with Crippen LogP contribution in [-0.4, -0.2) is 53.9 Å². The number of rotatable bonds is 6. The summed E-state index contributed by atoms with van der Waals surface area (Å²) >= 11 is 0. The predicted octanol–water partition coefficient (Wildman–Crippen LogP) is 0.501. The van der Waals surface area contributed by atoms with Gasteiger partial charge in [0.1, 0.15) is 12.3 Å². The number of carboxylic acid groups (broad SMARTS) is 1. The molecular formula is C15H15F3N4O4. The normalized spacial score (nSPS) is 16.8. The molecular weight excluding hydrogens is 357 g/mol. The molecule has 8 nitrogen and oxygen atoms in total. The van der Waals surface area contributed by atoms with Crippen molar-refractivity contribution in [3.05, 3.63) is 30.3 Å². The van der Waals surface area contributed by atoms with Crippen molar-refractivity contribution in [3.63, 3.8) is 0 Å². The maximum atomic E-state index is 12.0. The molecule has 1 aliphatic rings. The summed E-state index contributed by atoms with van der Waals surface area (Å²) in [6, 6.07) is 7.21. The molecule has 1 atom stereocenters. The quantitative estimate of drug-likeness (QED) is 0.674. The average Bonchev–Trinajstić information content (AvgIpc) is 3.04. The minimum atomic E-state index is -4.56. The molecule has 1 unspecified atom stereocenters. The van der Waals surface area contributed by atoms with Crippen LogP contribution in [0.3, 0.4) is 0 Å². The molecule has 0 bridgehead atoms. The Hall–Kier alpha value is -3.11. The van der Waals surface area contributed by atoms with Gasteiger partial charge in [-0.05, 0) is 12.1 Å². The Kier molecular flexibility index (Phi) is 5.80. The number of para-hydroxylation sites is 1. The number of hydrogen-bond donors (Lipinski definition) is 3. The van der Waals surface area contributed by atoms with Crippen molar-refractivity contribution in [1.29, 1.82) is 0 Å². The fraction of sp³-hybridized carbons (Fsp3) is 0.333. The van der Waals surface area contributed by atoms with Crippen molar-refractivity contribution in [3.8, 4) is 0 Å². The Bertz CT molecular complexity index is 721. The summed E-state index contributed by atoms with van der Waals surface area (Å²) < 4.78 is 36.0. The third-order valence-electron chi connectivity index (χ3n) is 3.37. The number of carbonyl (C=O) groups excluding carboxylic acids is 2. The number of benzene rings is 1. The molecule has 2 amide bonds. The molecule has 0 aromatic heterocycles. The molecule has 140 valence electrons. The van der Waals surface area contributed by atoms with Gasteiger partial charge < -0.3 is 15.7 Å². The van der Waals surface area contributed by atoms with Crippen molar-refractivity contribution in [1.82, 2.24) is 10.6 Å². The van der Waals surface area contributed by atoms with Crippen LogP contribution in [0.2, 0.25) is 0 Å². The lowest BCUT2D eigenvalue weighted by Crippen LogP contribution is -2.42. The van der Waals surface area contributed by atoms with Gasteiger partial charge in [0.25, 0.3) is 5.91 Å². The molecule has 0 saturated carbocycles. The van der Waals surface area contributed by atoms with Crippen LogP contribution in [0.1, 0.15) is 6.42 Å². The molecule has 11 heteroatoms. The fourth-order valence-electron chi connectivity index (χ4n) is 2.18. The second-order valence-corrected chi connectivity index (χ2v) is 5.36. The van der Waals surface area contributed by atoms with Gasteiger partial charge in [-0.1, -0.05) is 18.2 Å². The molecule has 0 saturated heterocycles. The number of halogens is 3. The van der Waals surface area contributed by atoms with E-state index in [1.54, 1.807) is 35.6 Å². The fourth-order valence-corrected chi connectivity index (χ4v) is 2.18. The largest absolute Gasteiger partial charge is 0.480 e. The Morgan fingerprint density at radius 2 is 1.85 bits per heavy atom. The van der Waals surface area contributed by atoms with E-state index in [9.17, 15) is 32.7 Å². The van der Waals surface area contributed by atoms with Crippen LogP contribution in [0.5, 0.6) is 0 Å². The van der Waals surface area contributed by atoms with E-state index < -0.39 is 43.1 Å². The number of alkyl halides is 3. The van der Waals surface area contributed by atoms with Gasteiger partial charge in [0, 0.05) is 6.42 Å². The highest BCUT2D eigenvalue weighted by molar-refractivity contribution is 6.40. The Balaban J connectivity index is 1.98. The van der Waals surface area contributed by atoms with Crippen LogP contribution in [-0.2, 0) is 14.4 Å². The highest BCUT2D eigenvalue weighted by atomic mass is 19.4. The lowest BCUT2D eigenvalue weighted by atomic mass is 10.1. The number of hydrogen-bond acceptors (Lipinski definition) is 5. The molecule has 3 N–H and O–H groups in total. The van der Waals surface area contributed by atoms with Gasteiger partial charge in [-0.15, -0.1) is 0 Å².